The monoisotopic (exact) mass is 280 g/mol. The lowest BCUT2D eigenvalue weighted by molar-refractivity contribution is -0.116. The summed E-state index contributed by atoms with van der Waals surface area (Å²) in [7, 11) is 0. The van der Waals surface area contributed by atoms with E-state index in [9.17, 15) is 4.79 Å². The first kappa shape index (κ1) is 15.9. The maximum Gasteiger partial charge on any atom is 0.224 e. The van der Waals surface area contributed by atoms with Gasteiger partial charge in [-0.15, -0.1) is 0 Å². The number of rotatable bonds is 8. The lowest BCUT2D eigenvalue weighted by Gasteiger charge is -2.08. The van der Waals surface area contributed by atoms with Crippen LogP contribution in [0, 0.1) is 5.92 Å². The van der Waals surface area contributed by atoms with Crippen LogP contribution in [0.25, 0.3) is 0 Å². The molecule has 0 atom stereocenters. The number of hydrogen-bond acceptors (Lipinski definition) is 3. The minimum Gasteiger partial charge on any atom is -0.397 e. The van der Waals surface area contributed by atoms with Crippen LogP contribution in [-0.4, -0.2) is 17.4 Å². The van der Waals surface area contributed by atoms with Gasteiger partial charge in [0.05, 0.1) is 11.4 Å². The number of benzene rings is 1. The Morgan fingerprint density at radius 2 is 2.05 bits per heavy atom. The summed E-state index contributed by atoms with van der Waals surface area (Å²) in [6, 6.07) is 7.34. The Bertz CT molecular complexity index is 393. The molecule has 0 spiro atoms. The van der Waals surface area contributed by atoms with E-state index in [1.807, 2.05) is 30.0 Å². The van der Waals surface area contributed by atoms with Crippen molar-refractivity contribution >= 4 is 29.0 Å². The second-order valence-electron chi connectivity index (χ2n) is 5.03. The molecule has 0 fully saturated rings. The SMILES string of the molecule is CC(C)CCSCCCC(=O)Nc1ccccc1N. The van der Waals surface area contributed by atoms with E-state index in [0.717, 1.165) is 18.1 Å². The van der Waals surface area contributed by atoms with E-state index < -0.39 is 0 Å². The largest absolute Gasteiger partial charge is 0.397 e. The Morgan fingerprint density at radius 1 is 1.32 bits per heavy atom. The van der Waals surface area contributed by atoms with Gasteiger partial charge in [-0.2, -0.15) is 11.8 Å². The number of amides is 1. The van der Waals surface area contributed by atoms with E-state index in [1.54, 1.807) is 6.07 Å². The standard InChI is InChI=1S/C15H24N2OS/c1-12(2)9-11-19-10-5-8-15(18)17-14-7-4-3-6-13(14)16/h3-4,6-7,12H,5,8-11,16H2,1-2H3,(H,17,18). The predicted molar refractivity (Wildman–Crippen MR) is 85.5 cm³/mol. The summed E-state index contributed by atoms with van der Waals surface area (Å²) in [5.41, 5.74) is 7.09. The Labute approximate surface area is 120 Å². The summed E-state index contributed by atoms with van der Waals surface area (Å²) < 4.78 is 0. The average Bonchev–Trinajstić information content (AvgIpc) is 2.36. The lowest BCUT2D eigenvalue weighted by atomic mass is 10.2. The number of nitrogen functional groups attached to an aromatic ring is 1. The molecule has 19 heavy (non-hydrogen) atoms. The van der Waals surface area contributed by atoms with Crippen LogP contribution in [0.5, 0.6) is 0 Å². The molecule has 0 unspecified atom stereocenters. The average molecular weight is 280 g/mol. The van der Waals surface area contributed by atoms with E-state index >= 15 is 0 Å². The van der Waals surface area contributed by atoms with Crippen LogP contribution in [0.3, 0.4) is 0 Å². The molecular formula is C15H24N2OS. The van der Waals surface area contributed by atoms with Crippen molar-refractivity contribution in [2.24, 2.45) is 5.92 Å². The van der Waals surface area contributed by atoms with Gasteiger partial charge in [-0.3, -0.25) is 4.79 Å². The Hall–Kier alpha value is -1.16. The van der Waals surface area contributed by atoms with Gasteiger partial charge in [0.2, 0.25) is 5.91 Å². The van der Waals surface area contributed by atoms with E-state index in [1.165, 1.54) is 12.2 Å². The second kappa shape index (κ2) is 8.86. The molecule has 4 heteroatoms. The van der Waals surface area contributed by atoms with Crippen molar-refractivity contribution in [3.63, 3.8) is 0 Å². The highest BCUT2D eigenvalue weighted by molar-refractivity contribution is 7.99. The Morgan fingerprint density at radius 3 is 2.74 bits per heavy atom. The zero-order valence-electron chi connectivity index (χ0n) is 11.8. The highest BCUT2D eigenvalue weighted by Gasteiger charge is 2.04. The maximum atomic E-state index is 11.7. The third-order valence-electron chi connectivity index (χ3n) is 2.77. The molecule has 0 aliphatic rings. The zero-order chi connectivity index (χ0) is 14.1. The van der Waals surface area contributed by atoms with Crippen molar-refractivity contribution < 1.29 is 4.79 Å². The van der Waals surface area contributed by atoms with Gasteiger partial charge in [0.25, 0.3) is 0 Å². The van der Waals surface area contributed by atoms with Gasteiger partial charge < -0.3 is 11.1 Å². The van der Waals surface area contributed by atoms with Crippen LogP contribution < -0.4 is 11.1 Å². The topological polar surface area (TPSA) is 55.1 Å². The molecule has 1 amide bonds. The van der Waals surface area contributed by atoms with E-state index in [2.05, 4.69) is 19.2 Å². The fourth-order valence-corrected chi connectivity index (χ4v) is 2.77. The summed E-state index contributed by atoms with van der Waals surface area (Å²) in [4.78, 5) is 11.7. The van der Waals surface area contributed by atoms with Crippen molar-refractivity contribution in [3.05, 3.63) is 24.3 Å². The van der Waals surface area contributed by atoms with Crippen molar-refractivity contribution in [2.75, 3.05) is 22.6 Å². The third-order valence-corrected chi connectivity index (χ3v) is 3.87. The van der Waals surface area contributed by atoms with Gasteiger partial charge in [0.15, 0.2) is 0 Å². The quantitative estimate of drug-likeness (QED) is 0.563. The molecule has 3 N–H and O–H groups in total. The van der Waals surface area contributed by atoms with E-state index in [4.69, 9.17) is 5.73 Å². The molecule has 1 aromatic carbocycles. The minimum atomic E-state index is 0.0439. The number of anilines is 2. The molecule has 3 nitrogen and oxygen atoms in total. The van der Waals surface area contributed by atoms with Crippen LogP contribution in [-0.2, 0) is 4.79 Å². The van der Waals surface area contributed by atoms with Crippen LogP contribution in [0.1, 0.15) is 33.1 Å². The van der Waals surface area contributed by atoms with E-state index in [0.29, 0.717) is 17.8 Å². The molecule has 0 aliphatic carbocycles. The van der Waals surface area contributed by atoms with Crippen LogP contribution in [0.15, 0.2) is 24.3 Å². The number of thioether (sulfide) groups is 1. The van der Waals surface area contributed by atoms with Crippen LogP contribution in [0.2, 0.25) is 0 Å². The number of carbonyl (C=O) groups excluding carboxylic acids is 1. The number of carbonyl (C=O) groups is 1. The predicted octanol–water partition coefficient (Wildman–Crippen LogP) is 3.77. The first-order valence-corrected chi connectivity index (χ1v) is 7.97. The first-order chi connectivity index (χ1) is 9.09. The minimum absolute atomic E-state index is 0.0439. The van der Waals surface area contributed by atoms with Gasteiger partial charge in [0, 0.05) is 6.42 Å². The fraction of sp³-hybridized carbons (Fsp3) is 0.533. The molecule has 106 valence electrons. The highest BCUT2D eigenvalue weighted by Crippen LogP contribution is 2.17. The number of nitrogens with two attached hydrogens (primary N) is 1. The summed E-state index contributed by atoms with van der Waals surface area (Å²) in [5.74, 6) is 3.04. The normalized spacial score (nSPS) is 10.7. The van der Waals surface area contributed by atoms with Gasteiger partial charge in [-0.05, 0) is 42.4 Å². The first-order valence-electron chi connectivity index (χ1n) is 6.81. The highest BCUT2D eigenvalue weighted by atomic mass is 32.2. The number of para-hydroxylation sites is 2. The molecule has 0 aromatic heterocycles. The maximum absolute atomic E-state index is 11.7. The van der Waals surface area contributed by atoms with Crippen LogP contribution in [0.4, 0.5) is 11.4 Å². The summed E-state index contributed by atoms with van der Waals surface area (Å²) >= 11 is 1.93. The van der Waals surface area contributed by atoms with Gasteiger partial charge in [-0.1, -0.05) is 26.0 Å². The second-order valence-corrected chi connectivity index (χ2v) is 6.26. The molecular weight excluding hydrogens is 256 g/mol. The molecule has 0 saturated carbocycles. The van der Waals surface area contributed by atoms with Crippen molar-refractivity contribution in [2.45, 2.75) is 33.1 Å². The van der Waals surface area contributed by atoms with Crippen molar-refractivity contribution in [1.29, 1.82) is 0 Å². The molecule has 0 heterocycles. The summed E-state index contributed by atoms with van der Waals surface area (Å²) in [5, 5.41) is 2.85. The molecule has 0 bridgehead atoms. The number of hydrogen-bond donors (Lipinski definition) is 2. The summed E-state index contributed by atoms with van der Waals surface area (Å²) in [6.07, 6.45) is 2.72. The van der Waals surface area contributed by atoms with E-state index in [-0.39, 0.29) is 5.91 Å². The van der Waals surface area contributed by atoms with Gasteiger partial charge >= 0.3 is 0 Å². The molecule has 0 saturated heterocycles. The van der Waals surface area contributed by atoms with Crippen molar-refractivity contribution in [3.8, 4) is 0 Å². The molecule has 1 rings (SSSR count). The molecule has 0 aliphatic heterocycles. The summed E-state index contributed by atoms with van der Waals surface area (Å²) in [6.45, 7) is 4.47. The lowest BCUT2D eigenvalue weighted by Crippen LogP contribution is -2.12. The van der Waals surface area contributed by atoms with Crippen LogP contribution >= 0.6 is 11.8 Å². The smallest absolute Gasteiger partial charge is 0.224 e. The fourth-order valence-electron chi connectivity index (χ4n) is 1.58. The zero-order valence-corrected chi connectivity index (χ0v) is 12.6. The molecule has 0 radical (unpaired) electrons. The Kier molecular flexibility index (Phi) is 7.41. The molecule has 1 aromatic rings. The third kappa shape index (κ3) is 7.11. The van der Waals surface area contributed by atoms with Gasteiger partial charge in [0.1, 0.15) is 0 Å². The Balaban J connectivity index is 2.13. The number of nitrogens with one attached hydrogen (secondary N) is 1. The van der Waals surface area contributed by atoms with Crippen molar-refractivity contribution in [1.82, 2.24) is 0 Å². The van der Waals surface area contributed by atoms with Gasteiger partial charge in [-0.25, -0.2) is 0 Å².